The van der Waals surface area contributed by atoms with Crippen LogP contribution in [-0.2, 0) is 4.74 Å². The summed E-state index contributed by atoms with van der Waals surface area (Å²) in [4.78, 5) is 22.5. The molecule has 142 valence electrons. The fourth-order valence-electron chi connectivity index (χ4n) is 2.86. The van der Waals surface area contributed by atoms with Gasteiger partial charge in [-0.25, -0.2) is 4.79 Å². The third kappa shape index (κ3) is 7.00. The molecular formula is C16H34IN5O2. The average Bonchev–Trinajstić information content (AvgIpc) is 2.57. The van der Waals surface area contributed by atoms with Crippen LogP contribution in [0.3, 0.4) is 0 Å². The number of carbonyl (C=O) groups excluding carboxylic acids is 1. The fourth-order valence-corrected chi connectivity index (χ4v) is 2.86. The zero-order chi connectivity index (χ0) is 17.2. The van der Waals surface area contributed by atoms with Crippen LogP contribution in [0.4, 0.5) is 4.79 Å². The number of guanidine groups is 1. The quantitative estimate of drug-likeness (QED) is 0.375. The monoisotopic (exact) mass is 455 g/mol. The number of piperazine rings is 1. The minimum atomic E-state index is -0.217. The van der Waals surface area contributed by atoms with Crippen LogP contribution in [0.1, 0.15) is 27.7 Å². The lowest BCUT2D eigenvalue weighted by atomic mass is 10.2. The number of amides is 1. The van der Waals surface area contributed by atoms with Crippen molar-refractivity contribution in [1.82, 2.24) is 20.0 Å². The number of nitrogens with one attached hydrogen (secondary N) is 1. The van der Waals surface area contributed by atoms with Gasteiger partial charge in [-0.05, 0) is 26.9 Å². The summed E-state index contributed by atoms with van der Waals surface area (Å²) in [6.45, 7) is 14.7. The SMILES string of the molecule is CCOC(=O)N1CCN(C(=NC)NCC(C)N(CC)CC)CC1.I. The van der Waals surface area contributed by atoms with Crippen LogP contribution >= 0.6 is 24.0 Å². The molecule has 0 aromatic rings. The van der Waals surface area contributed by atoms with Gasteiger partial charge >= 0.3 is 6.09 Å². The van der Waals surface area contributed by atoms with Gasteiger partial charge in [-0.2, -0.15) is 0 Å². The van der Waals surface area contributed by atoms with E-state index in [0.717, 1.165) is 38.7 Å². The van der Waals surface area contributed by atoms with Crippen LogP contribution < -0.4 is 5.32 Å². The minimum Gasteiger partial charge on any atom is -0.450 e. The molecule has 0 aliphatic carbocycles. The predicted molar refractivity (Wildman–Crippen MR) is 109 cm³/mol. The van der Waals surface area contributed by atoms with Gasteiger partial charge in [-0.1, -0.05) is 13.8 Å². The Bertz CT molecular complexity index is 383. The van der Waals surface area contributed by atoms with Gasteiger partial charge in [-0.15, -0.1) is 24.0 Å². The second kappa shape index (κ2) is 12.6. The smallest absolute Gasteiger partial charge is 0.409 e. The Kier molecular flexibility index (Phi) is 12.2. The van der Waals surface area contributed by atoms with Gasteiger partial charge in [0.25, 0.3) is 0 Å². The molecule has 1 N–H and O–H groups in total. The summed E-state index contributed by atoms with van der Waals surface area (Å²) < 4.78 is 5.05. The van der Waals surface area contributed by atoms with E-state index >= 15 is 0 Å². The summed E-state index contributed by atoms with van der Waals surface area (Å²) in [5, 5.41) is 3.46. The highest BCUT2D eigenvalue weighted by molar-refractivity contribution is 14.0. The summed E-state index contributed by atoms with van der Waals surface area (Å²) in [6, 6.07) is 0.461. The summed E-state index contributed by atoms with van der Waals surface area (Å²) in [5.41, 5.74) is 0. The molecule has 0 aromatic heterocycles. The van der Waals surface area contributed by atoms with Gasteiger partial charge in [-0.3, -0.25) is 9.89 Å². The lowest BCUT2D eigenvalue weighted by Gasteiger charge is -2.36. The molecule has 1 atom stereocenters. The number of nitrogens with zero attached hydrogens (tertiary/aromatic N) is 4. The first-order valence-corrected chi connectivity index (χ1v) is 8.68. The van der Waals surface area contributed by atoms with Crippen molar-refractivity contribution in [3.63, 3.8) is 0 Å². The van der Waals surface area contributed by atoms with Gasteiger partial charge in [0.1, 0.15) is 0 Å². The van der Waals surface area contributed by atoms with E-state index in [1.54, 1.807) is 4.90 Å². The van der Waals surface area contributed by atoms with Crippen molar-refractivity contribution in [2.75, 3.05) is 59.5 Å². The fraction of sp³-hybridized carbons (Fsp3) is 0.875. The number of rotatable bonds is 6. The van der Waals surface area contributed by atoms with E-state index in [9.17, 15) is 4.79 Å². The van der Waals surface area contributed by atoms with Crippen LogP contribution in [0.2, 0.25) is 0 Å². The van der Waals surface area contributed by atoms with Crippen molar-refractivity contribution < 1.29 is 9.53 Å². The van der Waals surface area contributed by atoms with Crippen molar-refractivity contribution >= 4 is 36.0 Å². The molecular weight excluding hydrogens is 421 g/mol. The Morgan fingerprint density at radius 2 is 1.71 bits per heavy atom. The maximum atomic E-state index is 11.7. The van der Waals surface area contributed by atoms with Crippen molar-refractivity contribution in [2.24, 2.45) is 4.99 Å². The maximum Gasteiger partial charge on any atom is 0.409 e. The highest BCUT2D eigenvalue weighted by Gasteiger charge is 2.24. The number of carbonyl (C=O) groups is 1. The molecule has 24 heavy (non-hydrogen) atoms. The zero-order valence-electron chi connectivity index (χ0n) is 15.7. The molecule has 1 aliphatic rings. The number of likely N-dealkylation sites (N-methyl/N-ethyl adjacent to an activating group) is 1. The van der Waals surface area contributed by atoms with Gasteiger partial charge < -0.3 is 19.9 Å². The first-order chi connectivity index (χ1) is 11.1. The van der Waals surface area contributed by atoms with Crippen molar-refractivity contribution in [2.45, 2.75) is 33.7 Å². The van der Waals surface area contributed by atoms with E-state index in [1.165, 1.54) is 0 Å². The largest absolute Gasteiger partial charge is 0.450 e. The Balaban J connectivity index is 0.00000529. The summed E-state index contributed by atoms with van der Waals surface area (Å²) >= 11 is 0. The van der Waals surface area contributed by atoms with E-state index in [4.69, 9.17) is 4.74 Å². The Hall–Kier alpha value is -0.770. The predicted octanol–water partition coefficient (Wildman–Crippen LogP) is 1.68. The van der Waals surface area contributed by atoms with E-state index in [2.05, 4.69) is 40.9 Å². The minimum absolute atomic E-state index is 0. The van der Waals surface area contributed by atoms with E-state index in [1.807, 2.05) is 14.0 Å². The lowest BCUT2D eigenvalue weighted by Crippen LogP contribution is -2.55. The second-order valence-corrected chi connectivity index (χ2v) is 5.67. The molecule has 0 bridgehead atoms. The molecule has 0 saturated carbocycles. The van der Waals surface area contributed by atoms with Crippen LogP contribution in [0, 0.1) is 0 Å². The number of hydrogen-bond acceptors (Lipinski definition) is 4. The molecule has 0 radical (unpaired) electrons. The molecule has 0 aromatic carbocycles. The van der Waals surface area contributed by atoms with E-state index < -0.39 is 0 Å². The maximum absolute atomic E-state index is 11.7. The van der Waals surface area contributed by atoms with E-state index in [0.29, 0.717) is 25.7 Å². The molecule has 7 nitrogen and oxygen atoms in total. The molecule has 1 saturated heterocycles. The highest BCUT2D eigenvalue weighted by Crippen LogP contribution is 2.05. The van der Waals surface area contributed by atoms with Gasteiger partial charge in [0.15, 0.2) is 5.96 Å². The summed E-state index contributed by atoms with van der Waals surface area (Å²) in [6.07, 6.45) is -0.217. The molecule has 1 heterocycles. The van der Waals surface area contributed by atoms with E-state index in [-0.39, 0.29) is 30.1 Å². The van der Waals surface area contributed by atoms with Crippen molar-refractivity contribution in [3.8, 4) is 0 Å². The number of hydrogen-bond donors (Lipinski definition) is 1. The summed E-state index contributed by atoms with van der Waals surface area (Å²) in [5.74, 6) is 0.910. The zero-order valence-corrected chi connectivity index (χ0v) is 18.1. The van der Waals surface area contributed by atoms with Crippen molar-refractivity contribution in [1.29, 1.82) is 0 Å². The third-order valence-electron chi connectivity index (χ3n) is 4.31. The van der Waals surface area contributed by atoms with Crippen molar-refractivity contribution in [3.05, 3.63) is 0 Å². The highest BCUT2D eigenvalue weighted by atomic mass is 127. The van der Waals surface area contributed by atoms with Crippen LogP contribution in [-0.4, -0.2) is 92.3 Å². The number of aliphatic imine (C=N–C) groups is 1. The molecule has 1 aliphatic heterocycles. The topological polar surface area (TPSA) is 60.4 Å². The number of halogens is 1. The Labute approximate surface area is 163 Å². The average molecular weight is 455 g/mol. The molecule has 8 heteroatoms. The summed E-state index contributed by atoms with van der Waals surface area (Å²) in [7, 11) is 1.81. The molecule has 1 fully saturated rings. The first-order valence-electron chi connectivity index (χ1n) is 8.68. The lowest BCUT2D eigenvalue weighted by molar-refractivity contribution is 0.0913. The molecule has 1 amide bonds. The molecule has 1 unspecified atom stereocenters. The van der Waals surface area contributed by atoms with Gasteiger partial charge in [0, 0.05) is 45.8 Å². The second-order valence-electron chi connectivity index (χ2n) is 5.67. The van der Waals surface area contributed by atoms with Crippen LogP contribution in [0.25, 0.3) is 0 Å². The normalized spacial score (nSPS) is 16.7. The molecule has 1 rings (SSSR count). The first kappa shape index (κ1) is 23.2. The Morgan fingerprint density at radius 3 is 2.17 bits per heavy atom. The van der Waals surface area contributed by atoms with Gasteiger partial charge in [0.05, 0.1) is 6.61 Å². The Morgan fingerprint density at radius 1 is 1.17 bits per heavy atom. The van der Waals surface area contributed by atoms with Gasteiger partial charge in [0.2, 0.25) is 0 Å². The van der Waals surface area contributed by atoms with Crippen LogP contribution in [0.5, 0.6) is 0 Å². The third-order valence-corrected chi connectivity index (χ3v) is 4.31. The van der Waals surface area contributed by atoms with Crippen LogP contribution in [0.15, 0.2) is 4.99 Å². The molecule has 0 spiro atoms. The standard InChI is InChI=1S/C16H33N5O2.HI/c1-6-19(7-2)14(4)13-18-15(17-5)20-9-11-21(12-10-20)16(22)23-8-3;/h14H,6-13H2,1-5H3,(H,17,18);1H. The number of ether oxygens (including phenoxy) is 1.